The van der Waals surface area contributed by atoms with Gasteiger partial charge in [-0.3, -0.25) is 37.3 Å². The van der Waals surface area contributed by atoms with Crippen LogP contribution in [0.2, 0.25) is 0 Å². The summed E-state index contributed by atoms with van der Waals surface area (Å²) in [5, 5.41) is 10.7. The second-order valence-corrected chi connectivity index (χ2v) is 34.0. The predicted molar refractivity (Wildman–Crippen MR) is 428 cm³/mol. The normalized spacial score (nSPS) is 14.4. The summed E-state index contributed by atoms with van der Waals surface area (Å²) in [5.41, 5.74) is 0. The molecule has 19 heteroatoms. The number of unbranched alkanes of at least 4 members (excludes halogenated alkanes) is 52. The van der Waals surface area contributed by atoms with Crippen molar-refractivity contribution in [2.75, 3.05) is 39.6 Å². The van der Waals surface area contributed by atoms with E-state index in [-0.39, 0.29) is 25.7 Å². The highest BCUT2D eigenvalue weighted by Gasteiger charge is 2.30. The molecule has 0 aromatic heterocycles. The average Bonchev–Trinajstić information content (AvgIpc) is 0.916. The zero-order chi connectivity index (χ0) is 76.4. The van der Waals surface area contributed by atoms with Crippen LogP contribution in [0.3, 0.4) is 0 Å². The number of esters is 4. The fraction of sp³-hybridized carbons (Fsp3) is 0.953. The van der Waals surface area contributed by atoms with Crippen LogP contribution in [0.1, 0.15) is 452 Å². The summed E-state index contributed by atoms with van der Waals surface area (Å²) in [6, 6.07) is 0. The molecule has 618 valence electrons. The van der Waals surface area contributed by atoms with Crippen molar-refractivity contribution in [2.45, 2.75) is 471 Å². The zero-order valence-corrected chi connectivity index (χ0v) is 70.1. The molecular formula is C85H166O17P2. The van der Waals surface area contributed by atoms with E-state index in [9.17, 15) is 43.2 Å². The number of hydrogen-bond acceptors (Lipinski definition) is 15. The molecule has 0 amide bonds. The number of phosphoric acid groups is 2. The number of ether oxygens (including phenoxy) is 4. The summed E-state index contributed by atoms with van der Waals surface area (Å²) >= 11 is 0. The Morgan fingerprint density at radius 1 is 0.269 bits per heavy atom. The van der Waals surface area contributed by atoms with Gasteiger partial charge in [-0.25, -0.2) is 9.13 Å². The highest BCUT2D eigenvalue weighted by atomic mass is 31.2. The van der Waals surface area contributed by atoms with E-state index in [0.29, 0.717) is 25.7 Å². The molecule has 104 heavy (non-hydrogen) atoms. The van der Waals surface area contributed by atoms with Crippen LogP contribution in [0, 0.1) is 11.8 Å². The van der Waals surface area contributed by atoms with E-state index in [2.05, 4.69) is 41.5 Å². The van der Waals surface area contributed by atoms with Gasteiger partial charge in [-0.15, -0.1) is 0 Å². The van der Waals surface area contributed by atoms with Crippen LogP contribution in [0.25, 0.3) is 0 Å². The molecule has 17 nitrogen and oxygen atoms in total. The Labute approximate surface area is 638 Å². The van der Waals surface area contributed by atoms with E-state index in [4.69, 9.17) is 37.0 Å². The first-order valence-electron chi connectivity index (χ1n) is 44.1. The number of aliphatic hydroxyl groups is 1. The number of phosphoric ester groups is 2. The summed E-state index contributed by atoms with van der Waals surface area (Å²) in [4.78, 5) is 73.2. The van der Waals surface area contributed by atoms with Crippen molar-refractivity contribution < 1.29 is 80.2 Å². The van der Waals surface area contributed by atoms with Gasteiger partial charge < -0.3 is 33.8 Å². The minimum atomic E-state index is -4.96. The monoisotopic (exact) mass is 1520 g/mol. The molecule has 3 N–H and O–H groups in total. The van der Waals surface area contributed by atoms with Gasteiger partial charge in [0.15, 0.2) is 12.2 Å². The van der Waals surface area contributed by atoms with Crippen LogP contribution in [-0.4, -0.2) is 96.7 Å². The minimum absolute atomic E-state index is 0.108. The Kier molecular flexibility index (Phi) is 75.0. The molecule has 0 saturated heterocycles. The van der Waals surface area contributed by atoms with Gasteiger partial charge in [-0.1, -0.05) is 401 Å². The molecule has 0 rings (SSSR count). The quantitative estimate of drug-likeness (QED) is 0.0222. The number of hydrogen-bond donors (Lipinski definition) is 3. The molecule has 0 aliphatic carbocycles. The number of carbonyl (C=O) groups excluding carboxylic acids is 4. The van der Waals surface area contributed by atoms with Crippen molar-refractivity contribution in [1.82, 2.24) is 0 Å². The van der Waals surface area contributed by atoms with E-state index in [1.165, 1.54) is 263 Å². The van der Waals surface area contributed by atoms with Crippen LogP contribution in [-0.2, 0) is 65.4 Å². The van der Waals surface area contributed by atoms with Crippen molar-refractivity contribution in [3.8, 4) is 0 Å². The van der Waals surface area contributed by atoms with E-state index in [1.54, 1.807) is 0 Å². The smallest absolute Gasteiger partial charge is 0.462 e. The number of carbonyl (C=O) groups is 4. The van der Waals surface area contributed by atoms with E-state index in [1.807, 2.05) is 0 Å². The van der Waals surface area contributed by atoms with Crippen molar-refractivity contribution in [3.05, 3.63) is 0 Å². The molecule has 4 unspecified atom stereocenters. The summed E-state index contributed by atoms with van der Waals surface area (Å²) in [6.45, 7) is 9.70. The maximum Gasteiger partial charge on any atom is 0.472 e. The van der Waals surface area contributed by atoms with Gasteiger partial charge in [0.25, 0.3) is 0 Å². The van der Waals surface area contributed by atoms with Gasteiger partial charge in [0, 0.05) is 25.7 Å². The number of aliphatic hydroxyl groups excluding tert-OH is 1. The Bertz CT molecular complexity index is 2000. The molecular weight excluding hydrogens is 1350 g/mol. The summed E-state index contributed by atoms with van der Waals surface area (Å²) in [7, 11) is -9.93. The molecule has 0 spiro atoms. The molecule has 0 saturated carbocycles. The van der Waals surface area contributed by atoms with Crippen molar-refractivity contribution in [2.24, 2.45) is 11.8 Å². The molecule has 0 fully saturated rings. The highest BCUT2D eigenvalue weighted by molar-refractivity contribution is 7.47. The van der Waals surface area contributed by atoms with E-state index in [0.717, 1.165) is 108 Å². The lowest BCUT2D eigenvalue weighted by Gasteiger charge is -2.21. The SMILES string of the molecule is CCCCCCCCCCCCCCCCCCC(=O)OC[C@H](COP(=O)(O)OC[C@@H](O)COP(=O)(O)OC[C@@H](COC(=O)CCCCCCCCC(C)CC)OC(=O)CCCCCCCCCCCCCCCCCC)OC(=O)CCCCCCCCCCCCCCCCCCCCC(C)CC. The summed E-state index contributed by atoms with van der Waals surface area (Å²) < 4.78 is 68.8. The molecule has 0 aliphatic rings. The molecule has 0 aromatic rings. The molecule has 0 radical (unpaired) electrons. The standard InChI is InChI=1S/C85H166O17P2/c1-7-11-13-15-17-19-21-23-25-32-36-40-44-48-55-61-67-82(87)95-73-80(101-84(89)69-64-58-50-46-42-38-34-30-28-27-29-31-35-39-43-47-53-59-65-77(5)9-3)75-99-103(91,92)97-71-79(86)72-98-104(93,94)100-76-81(74-96-83(88)68-62-56-52-51-54-60-66-78(6)10-4)102-85(90)70-63-57-49-45-41-37-33-26-24-22-20-18-16-14-12-8-2/h77-81,86H,7-76H2,1-6H3,(H,91,92)(H,93,94)/t77?,78?,79-,80-,81-/m1/s1. The van der Waals surface area contributed by atoms with Crippen LogP contribution in [0.5, 0.6) is 0 Å². The lowest BCUT2D eigenvalue weighted by atomic mass is 9.99. The predicted octanol–water partition coefficient (Wildman–Crippen LogP) is 25.8. The van der Waals surface area contributed by atoms with Gasteiger partial charge in [0.2, 0.25) is 0 Å². The maximum absolute atomic E-state index is 13.1. The zero-order valence-electron chi connectivity index (χ0n) is 68.3. The first kappa shape index (κ1) is 102. The van der Waals surface area contributed by atoms with Crippen molar-refractivity contribution in [1.29, 1.82) is 0 Å². The molecule has 7 atom stereocenters. The van der Waals surface area contributed by atoms with Gasteiger partial charge in [-0.05, 0) is 37.5 Å². The topological polar surface area (TPSA) is 237 Å². The van der Waals surface area contributed by atoms with Crippen LogP contribution >= 0.6 is 15.6 Å². The largest absolute Gasteiger partial charge is 0.472 e. The van der Waals surface area contributed by atoms with E-state index < -0.39 is 97.5 Å². The van der Waals surface area contributed by atoms with Gasteiger partial charge in [-0.2, -0.15) is 0 Å². The lowest BCUT2D eigenvalue weighted by molar-refractivity contribution is -0.161. The van der Waals surface area contributed by atoms with Crippen molar-refractivity contribution >= 4 is 39.5 Å². The minimum Gasteiger partial charge on any atom is -0.462 e. The second kappa shape index (κ2) is 76.4. The molecule has 0 bridgehead atoms. The van der Waals surface area contributed by atoms with Gasteiger partial charge >= 0.3 is 39.5 Å². The van der Waals surface area contributed by atoms with Crippen LogP contribution in [0.4, 0.5) is 0 Å². The third-order valence-electron chi connectivity index (χ3n) is 20.7. The summed E-state index contributed by atoms with van der Waals surface area (Å²) in [5.74, 6) is -0.501. The molecule has 0 aromatic carbocycles. The highest BCUT2D eigenvalue weighted by Crippen LogP contribution is 2.45. The Balaban J connectivity index is 5.22. The van der Waals surface area contributed by atoms with Crippen LogP contribution in [0.15, 0.2) is 0 Å². The first-order valence-corrected chi connectivity index (χ1v) is 47.1. The van der Waals surface area contributed by atoms with Gasteiger partial charge in [0.1, 0.15) is 19.3 Å². The molecule has 0 heterocycles. The fourth-order valence-corrected chi connectivity index (χ4v) is 14.8. The fourth-order valence-electron chi connectivity index (χ4n) is 13.2. The van der Waals surface area contributed by atoms with Crippen LogP contribution < -0.4 is 0 Å². The third kappa shape index (κ3) is 75.5. The van der Waals surface area contributed by atoms with E-state index >= 15 is 0 Å². The van der Waals surface area contributed by atoms with Crippen molar-refractivity contribution in [3.63, 3.8) is 0 Å². The lowest BCUT2D eigenvalue weighted by Crippen LogP contribution is -2.30. The second-order valence-electron chi connectivity index (χ2n) is 31.1. The third-order valence-corrected chi connectivity index (χ3v) is 22.6. The Morgan fingerprint density at radius 3 is 0.683 bits per heavy atom. The van der Waals surface area contributed by atoms with Gasteiger partial charge in [0.05, 0.1) is 26.4 Å². The average molecular weight is 1520 g/mol. The number of rotatable bonds is 84. The first-order chi connectivity index (χ1) is 50.4. The Hall–Kier alpha value is -1.94. The summed E-state index contributed by atoms with van der Waals surface area (Å²) in [6.07, 6.45) is 68.0. The molecule has 0 aliphatic heterocycles. The Morgan fingerprint density at radius 2 is 0.462 bits per heavy atom. The maximum atomic E-state index is 13.1.